The second-order valence-corrected chi connectivity index (χ2v) is 6.89. The van der Waals surface area contributed by atoms with E-state index in [-0.39, 0.29) is 4.90 Å². The Morgan fingerprint density at radius 3 is 2.32 bits per heavy atom. The summed E-state index contributed by atoms with van der Waals surface area (Å²) in [6.45, 7) is 2.05. The fourth-order valence-corrected chi connectivity index (χ4v) is 3.56. The third-order valence-electron chi connectivity index (χ3n) is 4.05. The topological polar surface area (TPSA) is 108 Å². The Morgan fingerprint density at radius 2 is 1.86 bits per heavy atom. The molecule has 0 atom stereocenters. The van der Waals surface area contributed by atoms with Crippen LogP contribution in [0.2, 0.25) is 0 Å². The van der Waals surface area contributed by atoms with Crippen LogP contribution >= 0.6 is 0 Å². The number of anilines is 1. The summed E-state index contributed by atoms with van der Waals surface area (Å²) in [5.41, 5.74) is 6.18. The number of nitrogens with zero attached hydrogens (tertiary/aromatic N) is 1. The summed E-state index contributed by atoms with van der Waals surface area (Å²) >= 11 is 0. The molecule has 0 unspecified atom stereocenters. The predicted octanol–water partition coefficient (Wildman–Crippen LogP) is 0.526. The van der Waals surface area contributed by atoms with E-state index in [1.165, 1.54) is 20.3 Å². The molecule has 1 aromatic carbocycles. The Hall–Kier alpha value is -1.51. The number of hydrogen-bond donors (Lipinski definition) is 2. The molecule has 0 saturated carbocycles. The predicted molar refractivity (Wildman–Crippen MR) is 84.9 cm³/mol. The maximum Gasteiger partial charge on any atom is 0.240 e. The molecule has 1 heterocycles. The van der Waals surface area contributed by atoms with E-state index in [1.54, 1.807) is 6.07 Å². The molecule has 1 aliphatic rings. The molecule has 7 nitrogen and oxygen atoms in total. The van der Waals surface area contributed by atoms with Gasteiger partial charge in [-0.2, -0.15) is 0 Å². The third-order valence-corrected chi connectivity index (χ3v) is 5.00. The van der Waals surface area contributed by atoms with Crippen molar-refractivity contribution in [2.75, 3.05) is 38.8 Å². The van der Waals surface area contributed by atoms with Gasteiger partial charge in [0.1, 0.15) is 10.6 Å². The number of piperidine rings is 1. The van der Waals surface area contributed by atoms with Gasteiger partial charge in [-0.3, -0.25) is 0 Å². The lowest BCUT2D eigenvalue weighted by molar-refractivity contribution is 0.350. The molecule has 0 bridgehead atoms. The van der Waals surface area contributed by atoms with E-state index in [0.29, 0.717) is 42.7 Å². The fraction of sp³-hybridized carbons (Fsp3) is 0.571. The number of methoxy groups -OCH3 is 2. The standard InChI is InChI=1S/C14H23N3O4S/c1-20-11-3-4-12(22(16,18)19)13(14(11)21-2)17-7-5-10(9-15)6-8-17/h3-4,10H,5-9,15H2,1-2H3,(H2,16,18,19). The molecule has 1 saturated heterocycles. The van der Waals surface area contributed by atoms with Gasteiger partial charge in [0, 0.05) is 13.1 Å². The van der Waals surface area contributed by atoms with Crippen molar-refractivity contribution in [2.24, 2.45) is 16.8 Å². The Balaban J connectivity index is 2.51. The maximum atomic E-state index is 11.9. The first-order chi connectivity index (χ1) is 10.4. The molecule has 124 valence electrons. The van der Waals surface area contributed by atoms with Crippen LogP contribution in [-0.4, -0.2) is 42.3 Å². The highest BCUT2D eigenvalue weighted by molar-refractivity contribution is 7.89. The SMILES string of the molecule is COc1ccc(S(N)(=O)=O)c(N2CCC(CN)CC2)c1OC. The minimum Gasteiger partial charge on any atom is -0.493 e. The highest BCUT2D eigenvalue weighted by Crippen LogP contribution is 2.43. The van der Waals surface area contributed by atoms with Crippen LogP contribution in [0.5, 0.6) is 11.5 Å². The van der Waals surface area contributed by atoms with Crippen molar-refractivity contribution in [3.8, 4) is 11.5 Å². The second-order valence-electron chi connectivity index (χ2n) is 5.36. The monoisotopic (exact) mass is 329 g/mol. The first-order valence-electron chi connectivity index (χ1n) is 7.15. The number of sulfonamides is 1. The summed E-state index contributed by atoms with van der Waals surface area (Å²) in [5, 5.41) is 5.36. The molecule has 1 aliphatic heterocycles. The zero-order valence-corrected chi connectivity index (χ0v) is 13.7. The number of rotatable bonds is 5. The Bertz CT molecular complexity index is 625. The average molecular weight is 329 g/mol. The Labute approximate surface area is 131 Å². The van der Waals surface area contributed by atoms with E-state index in [2.05, 4.69) is 0 Å². The summed E-state index contributed by atoms with van der Waals surface area (Å²) in [6, 6.07) is 3.01. The summed E-state index contributed by atoms with van der Waals surface area (Å²) < 4.78 is 34.5. The van der Waals surface area contributed by atoms with Gasteiger partial charge in [-0.25, -0.2) is 13.6 Å². The Morgan fingerprint density at radius 1 is 1.23 bits per heavy atom. The Kier molecular flexibility index (Phi) is 5.15. The third kappa shape index (κ3) is 3.29. The molecule has 8 heteroatoms. The van der Waals surface area contributed by atoms with Crippen LogP contribution in [0.4, 0.5) is 5.69 Å². The normalized spacial score (nSPS) is 16.6. The van der Waals surface area contributed by atoms with Crippen LogP contribution in [0.1, 0.15) is 12.8 Å². The van der Waals surface area contributed by atoms with Gasteiger partial charge in [0.2, 0.25) is 10.0 Å². The van der Waals surface area contributed by atoms with Gasteiger partial charge in [-0.05, 0) is 37.4 Å². The molecule has 0 spiro atoms. The zero-order valence-electron chi connectivity index (χ0n) is 12.9. The van der Waals surface area contributed by atoms with Gasteiger partial charge >= 0.3 is 0 Å². The number of primary sulfonamides is 1. The van der Waals surface area contributed by atoms with E-state index in [9.17, 15) is 8.42 Å². The summed E-state index contributed by atoms with van der Waals surface area (Å²) in [7, 11) is -0.862. The van der Waals surface area contributed by atoms with Gasteiger partial charge in [0.05, 0.1) is 14.2 Å². The average Bonchev–Trinajstić information content (AvgIpc) is 2.52. The van der Waals surface area contributed by atoms with E-state index in [4.69, 9.17) is 20.3 Å². The van der Waals surface area contributed by atoms with Gasteiger partial charge in [-0.1, -0.05) is 0 Å². The molecule has 1 fully saturated rings. The lowest BCUT2D eigenvalue weighted by atomic mass is 9.96. The van der Waals surface area contributed by atoms with Crippen LogP contribution < -0.4 is 25.2 Å². The summed E-state index contributed by atoms with van der Waals surface area (Å²) in [5.74, 6) is 1.33. The van der Waals surface area contributed by atoms with Gasteiger partial charge in [0.25, 0.3) is 0 Å². The van der Waals surface area contributed by atoms with E-state index in [1.807, 2.05) is 4.90 Å². The molecule has 22 heavy (non-hydrogen) atoms. The number of hydrogen-bond acceptors (Lipinski definition) is 6. The smallest absolute Gasteiger partial charge is 0.240 e. The van der Waals surface area contributed by atoms with Crippen LogP contribution in [0.15, 0.2) is 17.0 Å². The first kappa shape index (κ1) is 16.9. The highest BCUT2D eigenvalue weighted by atomic mass is 32.2. The maximum absolute atomic E-state index is 11.9. The molecule has 1 aromatic rings. The largest absolute Gasteiger partial charge is 0.493 e. The zero-order chi connectivity index (χ0) is 16.3. The van der Waals surface area contributed by atoms with E-state index < -0.39 is 10.0 Å². The first-order valence-corrected chi connectivity index (χ1v) is 8.69. The van der Waals surface area contributed by atoms with Crippen molar-refractivity contribution in [3.63, 3.8) is 0 Å². The summed E-state index contributed by atoms with van der Waals surface area (Å²) in [4.78, 5) is 2.03. The van der Waals surface area contributed by atoms with E-state index >= 15 is 0 Å². The molecule has 4 N–H and O–H groups in total. The minimum absolute atomic E-state index is 0.0522. The molecule has 0 aliphatic carbocycles. The van der Waals surface area contributed by atoms with Crippen LogP contribution in [0, 0.1) is 5.92 Å². The number of benzene rings is 1. The number of ether oxygens (including phenoxy) is 2. The summed E-state index contributed by atoms with van der Waals surface area (Å²) in [6.07, 6.45) is 1.81. The van der Waals surface area contributed by atoms with Gasteiger partial charge in [0.15, 0.2) is 11.5 Å². The highest BCUT2D eigenvalue weighted by Gasteiger charge is 2.28. The van der Waals surface area contributed by atoms with Crippen LogP contribution in [0.3, 0.4) is 0 Å². The van der Waals surface area contributed by atoms with Crippen LogP contribution in [-0.2, 0) is 10.0 Å². The van der Waals surface area contributed by atoms with Crippen molar-refractivity contribution in [3.05, 3.63) is 12.1 Å². The van der Waals surface area contributed by atoms with Crippen molar-refractivity contribution in [1.82, 2.24) is 0 Å². The van der Waals surface area contributed by atoms with Crippen molar-refractivity contribution < 1.29 is 17.9 Å². The lowest BCUT2D eigenvalue weighted by Crippen LogP contribution is -2.37. The molecule has 0 aromatic heterocycles. The van der Waals surface area contributed by atoms with Crippen molar-refractivity contribution in [2.45, 2.75) is 17.7 Å². The van der Waals surface area contributed by atoms with Gasteiger partial charge < -0.3 is 20.1 Å². The lowest BCUT2D eigenvalue weighted by Gasteiger charge is -2.35. The van der Waals surface area contributed by atoms with Crippen LogP contribution in [0.25, 0.3) is 0 Å². The minimum atomic E-state index is -3.86. The van der Waals surface area contributed by atoms with Crippen molar-refractivity contribution >= 4 is 15.7 Å². The van der Waals surface area contributed by atoms with Crippen molar-refractivity contribution in [1.29, 1.82) is 0 Å². The molecule has 0 radical (unpaired) electrons. The second kappa shape index (κ2) is 6.72. The molecular weight excluding hydrogens is 306 g/mol. The molecule has 2 rings (SSSR count). The molecular formula is C14H23N3O4S. The van der Waals surface area contributed by atoms with E-state index in [0.717, 1.165) is 12.8 Å². The number of nitrogens with two attached hydrogens (primary N) is 2. The van der Waals surface area contributed by atoms with Gasteiger partial charge in [-0.15, -0.1) is 0 Å². The fourth-order valence-electron chi connectivity index (χ4n) is 2.81. The quantitative estimate of drug-likeness (QED) is 0.815. The molecule has 0 amide bonds.